The molecule has 1 heterocycles. The molecule has 1 aromatic heterocycles. The van der Waals surface area contributed by atoms with Crippen LogP contribution in [0, 0.1) is 18.3 Å². The van der Waals surface area contributed by atoms with E-state index in [4.69, 9.17) is 14.2 Å². The van der Waals surface area contributed by atoms with Gasteiger partial charge in [-0.15, -0.1) is 0 Å². The Morgan fingerprint density at radius 3 is 2.61 bits per heavy atom. The van der Waals surface area contributed by atoms with Crippen LogP contribution in [0.2, 0.25) is 0 Å². The maximum Gasteiger partial charge on any atom is 0.269 e. The normalized spacial score (nSPS) is 10.9. The summed E-state index contributed by atoms with van der Waals surface area (Å²) in [6.45, 7) is 1.53. The second kappa shape index (κ2) is 10.4. The highest BCUT2D eigenvalue weighted by Crippen LogP contribution is 2.29. The lowest BCUT2D eigenvalue weighted by atomic mass is 10.0. The number of hydrazone groups is 1. The molecule has 9 nitrogen and oxygen atoms in total. The zero-order chi connectivity index (χ0) is 24.0. The van der Waals surface area contributed by atoms with Gasteiger partial charge in [0.25, 0.3) is 11.5 Å². The van der Waals surface area contributed by atoms with E-state index in [2.05, 4.69) is 10.5 Å². The average Bonchev–Trinajstić information content (AvgIpc) is 2.81. The lowest BCUT2D eigenvalue weighted by Crippen LogP contribution is -2.33. The third-order valence-corrected chi connectivity index (χ3v) is 5.14. The van der Waals surface area contributed by atoms with Crippen molar-refractivity contribution < 1.29 is 19.0 Å². The molecule has 170 valence electrons. The van der Waals surface area contributed by atoms with Crippen LogP contribution in [-0.2, 0) is 22.7 Å². The number of pyridine rings is 1. The van der Waals surface area contributed by atoms with E-state index in [1.807, 2.05) is 36.4 Å². The molecule has 2 aromatic carbocycles. The summed E-state index contributed by atoms with van der Waals surface area (Å²) in [5.74, 6) is 0.735. The van der Waals surface area contributed by atoms with Crippen LogP contribution in [-0.4, -0.2) is 38.0 Å². The molecule has 0 aliphatic carbocycles. The first-order chi connectivity index (χ1) is 15.9. The maximum atomic E-state index is 12.7. The topological polar surface area (TPSA) is 115 Å². The highest BCUT2D eigenvalue weighted by atomic mass is 16.5. The number of nitriles is 1. The van der Waals surface area contributed by atoms with E-state index in [0.29, 0.717) is 28.3 Å². The number of carbonyl (C=O) groups excluding carboxylic acids is 1. The highest BCUT2D eigenvalue weighted by Gasteiger charge is 2.15. The van der Waals surface area contributed by atoms with E-state index >= 15 is 0 Å². The van der Waals surface area contributed by atoms with Crippen molar-refractivity contribution in [1.29, 1.82) is 5.26 Å². The number of hydrogen-bond donors (Lipinski definition) is 1. The van der Waals surface area contributed by atoms with Crippen molar-refractivity contribution in [2.75, 3.05) is 21.3 Å². The van der Waals surface area contributed by atoms with Crippen LogP contribution >= 0.6 is 0 Å². The summed E-state index contributed by atoms with van der Waals surface area (Å²) in [6.07, 6.45) is 1.48. The van der Waals surface area contributed by atoms with Crippen LogP contribution < -0.4 is 20.5 Å². The van der Waals surface area contributed by atoms with Crippen LogP contribution in [0.15, 0.2) is 46.3 Å². The largest absolute Gasteiger partial charge is 0.497 e. The molecule has 0 aliphatic rings. The number of nitrogens with one attached hydrogen (secondary N) is 1. The molecular weight excluding hydrogens is 424 g/mol. The number of ether oxygens (including phenoxy) is 3. The Kier molecular flexibility index (Phi) is 7.43. The van der Waals surface area contributed by atoms with Crippen molar-refractivity contribution in [3.8, 4) is 17.6 Å². The number of carbonyl (C=O) groups is 1. The summed E-state index contributed by atoms with van der Waals surface area (Å²) in [6, 6.07) is 12.9. The van der Waals surface area contributed by atoms with Crippen LogP contribution in [0.5, 0.6) is 11.5 Å². The number of nitrogens with zero attached hydrogens (tertiary/aromatic N) is 3. The summed E-state index contributed by atoms with van der Waals surface area (Å²) in [4.78, 5) is 25.2. The number of aryl methyl sites for hydroxylation is 1. The summed E-state index contributed by atoms with van der Waals surface area (Å²) >= 11 is 0. The average molecular weight is 448 g/mol. The Balaban J connectivity index is 1.85. The zero-order valence-electron chi connectivity index (χ0n) is 18.8. The minimum atomic E-state index is -0.550. The van der Waals surface area contributed by atoms with Gasteiger partial charge in [0.2, 0.25) is 0 Å². The molecule has 33 heavy (non-hydrogen) atoms. The van der Waals surface area contributed by atoms with Crippen LogP contribution in [0.4, 0.5) is 0 Å². The van der Waals surface area contributed by atoms with Crippen LogP contribution in [0.3, 0.4) is 0 Å². The number of amides is 1. The minimum Gasteiger partial charge on any atom is -0.497 e. The first-order valence-electron chi connectivity index (χ1n) is 10.0. The van der Waals surface area contributed by atoms with Crippen molar-refractivity contribution >= 4 is 22.9 Å². The number of benzene rings is 2. The van der Waals surface area contributed by atoms with Gasteiger partial charge in [-0.1, -0.05) is 12.1 Å². The predicted molar refractivity (Wildman–Crippen MR) is 124 cm³/mol. The summed E-state index contributed by atoms with van der Waals surface area (Å²) in [7, 11) is 4.61. The molecule has 0 aliphatic heterocycles. The van der Waals surface area contributed by atoms with E-state index in [0.717, 1.165) is 10.8 Å². The van der Waals surface area contributed by atoms with Gasteiger partial charge in [-0.3, -0.25) is 9.59 Å². The minimum absolute atomic E-state index is 0.0480. The van der Waals surface area contributed by atoms with Gasteiger partial charge in [-0.2, -0.15) is 10.4 Å². The van der Waals surface area contributed by atoms with Crippen molar-refractivity contribution in [2.24, 2.45) is 5.10 Å². The molecule has 1 N–H and O–H groups in total. The van der Waals surface area contributed by atoms with Gasteiger partial charge < -0.3 is 18.8 Å². The monoisotopic (exact) mass is 448 g/mol. The number of hydrogen-bond acceptors (Lipinski definition) is 7. The van der Waals surface area contributed by atoms with Gasteiger partial charge in [-0.25, -0.2) is 5.43 Å². The SMILES string of the molecule is COCc1cc(C)n(CC(=O)N/N=C/c2c(OC)ccc3ccc(OC)cc23)c(=O)c1C#N. The molecule has 0 atom stereocenters. The molecule has 0 spiro atoms. The molecule has 9 heteroatoms. The van der Waals surface area contributed by atoms with Gasteiger partial charge in [0.05, 0.1) is 27.0 Å². The van der Waals surface area contributed by atoms with Gasteiger partial charge in [0, 0.05) is 23.9 Å². The third-order valence-electron chi connectivity index (χ3n) is 5.14. The smallest absolute Gasteiger partial charge is 0.269 e. The fourth-order valence-corrected chi connectivity index (χ4v) is 3.51. The fraction of sp³-hybridized carbons (Fsp3) is 0.250. The molecule has 0 unspecified atom stereocenters. The Morgan fingerprint density at radius 1 is 1.18 bits per heavy atom. The molecule has 3 aromatic rings. The Morgan fingerprint density at radius 2 is 1.94 bits per heavy atom. The van der Waals surface area contributed by atoms with E-state index in [1.165, 1.54) is 17.9 Å². The number of rotatable bonds is 8. The zero-order valence-corrected chi connectivity index (χ0v) is 18.8. The number of aromatic nitrogens is 1. The van der Waals surface area contributed by atoms with Crippen LogP contribution in [0.1, 0.15) is 22.4 Å². The molecular formula is C24H24N4O5. The van der Waals surface area contributed by atoms with Gasteiger partial charge in [-0.05, 0) is 42.0 Å². The van der Waals surface area contributed by atoms with E-state index in [1.54, 1.807) is 27.2 Å². The molecule has 1 amide bonds. The highest BCUT2D eigenvalue weighted by molar-refractivity contribution is 6.03. The fourth-order valence-electron chi connectivity index (χ4n) is 3.51. The second-order valence-corrected chi connectivity index (χ2v) is 7.18. The second-order valence-electron chi connectivity index (χ2n) is 7.18. The quantitative estimate of drug-likeness (QED) is 0.418. The molecule has 0 saturated heterocycles. The number of methoxy groups -OCH3 is 3. The first-order valence-corrected chi connectivity index (χ1v) is 10.0. The van der Waals surface area contributed by atoms with Gasteiger partial charge in [0.1, 0.15) is 29.7 Å². The van der Waals surface area contributed by atoms with Crippen molar-refractivity contribution in [3.05, 3.63) is 69.1 Å². The molecule has 0 saturated carbocycles. The van der Waals surface area contributed by atoms with Crippen LogP contribution in [0.25, 0.3) is 10.8 Å². The Bertz CT molecular complexity index is 1320. The van der Waals surface area contributed by atoms with E-state index < -0.39 is 11.5 Å². The van der Waals surface area contributed by atoms with Crippen molar-refractivity contribution in [1.82, 2.24) is 9.99 Å². The van der Waals surface area contributed by atoms with E-state index in [-0.39, 0.29) is 18.7 Å². The van der Waals surface area contributed by atoms with E-state index in [9.17, 15) is 14.9 Å². The molecule has 0 fully saturated rings. The molecule has 0 radical (unpaired) electrons. The Hall–Kier alpha value is -4.16. The van der Waals surface area contributed by atoms with Gasteiger partial charge >= 0.3 is 0 Å². The molecule has 3 rings (SSSR count). The van der Waals surface area contributed by atoms with Crippen molar-refractivity contribution in [3.63, 3.8) is 0 Å². The summed E-state index contributed by atoms with van der Waals surface area (Å²) in [5, 5.41) is 15.2. The van der Waals surface area contributed by atoms with Crippen molar-refractivity contribution in [2.45, 2.75) is 20.1 Å². The Labute approximate surface area is 190 Å². The first kappa shape index (κ1) is 23.5. The maximum absolute atomic E-state index is 12.7. The third kappa shape index (κ3) is 5.02. The lowest BCUT2D eigenvalue weighted by Gasteiger charge is -2.12. The lowest BCUT2D eigenvalue weighted by molar-refractivity contribution is -0.121. The predicted octanol–water partition coefficient (Wildman–Crippen LogP) is 2.50. The number of fused-ring (bicyclic) bond motifs is 1. The standard InChI is InChI=1S/C24H24N4O5/c1-15-9-17(14-31-2)20(11-25)24(30)28(15)13-23(29)27-26-12-21-19-10-18(32-3)7-5-16(19)6-8-22(21)33-4/h5-10,12H,13-14H2,1-4H3,(H,27,29)/b26-12+. The summed E-state index contributed by atoms with van der Waals surface area (Å²) in [5.41, 5.74) is 3.52. The summed E-state index contributed by atoms with van der Waals surface area (Å²) < 4.78 is 17.0. The molecule has 0 bridgehead atoms. The van der Waals surface area contributed by atoms with Gasteiger partial charge in [0.15, 0.2) is 0 Å².